The lowest BCUT2D eigenvalue weighted by Crippen LogP contribution is -2.18. The molecule has 0 heterocycles. The van der Waals surface area contributed by atoms with Crippen molar-refractivity contribution < 1.29 is 22.3 Å². The summed E-state index contributed by atoms with van der Waals surface area (Å²) in [5.74, 6) is 0.408. The summed E-state index contributed by atoms with van der Waals surface area (Å²) >= 11 is 0. The molecule has 2 aromatic rings. The highest BCUT2D eigenvalue weighted by Gasteiger charge is 2.13. The van der Waals surface area contributed by atoms with Crippen molar-refractivity contribution in [1.82, 2.24) is 4.83 Å². The maximum atomic E-state index is 12.8. The molecular weight excluding hydrogens is 323 g/mol. The van der Waals surface area contributed by atoms with Crippen LogP contribution < -0.4 is 14.3 Å². The van der Waals surface area contributed by atoms with E-state index in [1.54, 1.807) is 18.2 Å². The SMILES string of the molecule is COc1cccc(/C=N/NS(=O)(=O)c2ccc(F)cc2)c1OC. The van der Waals surface area contributed by atoms with Crippen LogP contribution in [-0.4, -0.2) is 28.9 Å². The molecule has 0 fully saturated rings. The first kappa shape index (κ1) is 16.8. The van der Waals surface area contributed by atoms with E-state index in [0.717, 1.165) is 24.3 Å². The Kier molecular flexibility index (Phi) is 5.17. The van der Waals surface area contributed by atoms with E-state index >= 15 is 0 Å². The van der Waals surface area contributed by atoms with E-state index in [-0.39, 0.29) is 4.90 Å². The number of benzene rings is 2. The van der Waals surface area contributed by atoms with Gasteiger partial charge in [0.05, 0.1) is 25.3 Å². The van der Waals surface area contributed by atoms with E-state index in [1.807, 2.05) is 0 Å². The van der Waals surface area contributed by atoms with Gasteiger partial charge in [0.15, 0.2) is 11.5 Å². The number of nitrogens with one attached hydrogen (secondary N) is 1. The topological polar surface area (TPSA) is 77.0 Å². The van der Waals surface area contributed by atoms with Crippen molar-refractivity contribution in [1.29, 1.82) is 0 Å². The fraction of sp³-hybridized carbons (Fsp3) is 0.133. The molecule has 2 aromatic carbocycles. The molecule has 122 valence electrons. The minimum absolute atomic E-state index is 0.0892. The number of halogens is 1. The van der Waals surface area contributed by atoms with Gasteiger partial charge in [-0.2, -0.15) is 13.5 Å². The zero-order valence-electron chi connectivity index (χ0n) is 12.5. The van der Waals surface area contributed by atoms with Crippen LogP contribution in [0.15, 0.2) is 52.5 Å². The summed E-state index contributed by atoms with van der Waals surface area (Å²) in [7, 11) is -0.903. The fourth-order valence-electron chi connectivity index (χ4n) is 1.85. The largest absolute Gasteiger partial charge is 0.493 e. The third kappa shape index (κ3) is 3.98. The Morgan fingerprint density at radius 1 is 1.09 bits per heavy atom. The second-order valence-corrected chi connectivity index (χ2v) is 6.05. The van der Waals surface area contributed by atoms with Gasteiger partial charge < -0.3 is 9.47 Å². The average Bonchev–Trinajstić information content (AvgIpc) is 2.54. The number of hydrogen-bond acceptors (Lipinski definition) is 5. The molecule has 0 aromatic heterocycles. The predicted molar refractivity (Wildman–Crippen MR) is 83.9 cm³/mol. The molecule has 6 nitrogen and oxygen atoms in total. The van der Waals surface area contributed by atoms with Crippen molar-refractivity contribution in [2.24, 2.45) is 5.10 Å². The zero-order valence-corrected chi connectivity index (χ0v) is 13.3. The first-order valence-electron chi connectivity index (χ1n) is 6.49. The normalized spacial score (nSPS) is 11.4. The second-order valence-electron chi connectivity index (χ2n) is 4.39. The lowest BCUT2D eigenvalue weighted by Gasteiger charge is -2.09. The van der Waals surface area contributed by atoms with Gasteiger partial charge in [0.25, 0.3) is 10.0 Å². The molecule has 23 heavy (non-hydrogen) atoms. The number of hydrazone groups is 1. The molecule has 0 unspecified atom stereocenters. The van der Waals surface area contributed by atoms with Crippen molar-refractivity contribution in [2.45, 2.75) is 4.90 Å². The Hall–Kier alpha value is -2.61. The van der Waals surface area contributed by atoms with E-state index < -0.39 is 15.8 Å². The van der Waals surface area contributed by atoms with E-state index in [0.29, 0.717) is 17.1 Å². The molecule has 0 spiro atoms. The van der Waals surface area contributed by atoms with Crippen molar-refractivity contribution in [3.05, 3.63) is 53.8 Å². The van der Waals surface area contributed by atoms with E-state index in [1.165, 1.54) is 20.4 Å². The molecule has 2 rings (SSSR count). The van der Waals surface area contributed by atoms with Gasteiger partial charge in [0, 0.05) is 5.56 Å². The summed E-state index contributed by atoms with van der Waals surface area (Å²) in [5.41, 5.74) is 0.536. The molecule has 0 bridgehead atoms. The van der Waals surface area contributed by atoms with Gasteiger partial charge >= 0.3 is 0 Å². The molecule has 0 radical (unpaired) electrons. The summed E-state index contributed by atoms with van der Waals surface area (Å²) in [6.07, 6.45) is 1.29. The van der Waals surface area contributed by atoms with Crippen molar-refractivity contribution in [3.63, 3.8) is 0 Å². The molecule has 0 aliphatic rings. The highest BCUT2D eigenvalue weighted by atomic mass is 32.2. The van der Waals surface area contributed by atoms with Gasteiger partial charge in [-0.25, -0.2) is 9.22 Å². The fourth-order valence-corrected chi connectivity index (χ4v) is 2.64. The minimum Gasteiger partial charge on any atom is -0.493 e. The standard InChI is InChI=1S/C15H15FN2O4S/c1-21-14-5-3-4-11(15(14)22-2)10-17-18-23(19,20)13-8-6-12(16)7-9-13/h3-10,18H,1-2H3/b17-10+. The number of ether oxygens (including phenoxy) is 2. The van der Waals surface area contributed by atoms with Crippen LogP contribution in [0, 0.1) is 5.82 Å². The number of nitrogens with zero attached hydrogens (tertiary/aromatic N) is 1. The molecule has 0 atom stereocenters. The summed E-state index contributed by atoms with van der Waals surface area (Å²) in [6.45, 7) is 0. The Balaban J connectivity index is 2.20. The lowest BCUT2D eigenvalue weighted by molar-refractivity contribution is 0.354. The Labute approximate surface area is 133 Å². The lowest BCUT2D eigenvalue weighted by atomic mass is 10.2. The number of methoxy groups -OCH3 is 2. The summed E-state index contributed by atoms with van der Waals surface area (Å²) in [4.78, 5) is 1.97. The number of rotatable bonds is 6. The molecule has 8 heteroatoms. The van der Waals surface area contributed by atoms with Crippen LogP contribution >= 0.6 is 0 Å². The molecule has 0 saturated heterocycles. The molecule has 0 saturated carbocycles. The van der Waals surface area contributed by atoms with Crippen molar-refractivity contribution >= 4 is 16.2 Å². The van der Waals surface area contributed by atoms with E-state index in [2.05, 4.69) is 9.93 Å². The molecule has 0 aliphatic carbocycles. The van der Waals surface area contributed by atoms with E-state index in [9.17, 15) is 12.8 Å². The average molecular weight is 338 g/mol. The maximum absolute atomic E-state index is 12.8. The van der Waals surface area contributed by atoms with Gasteiger partial charge in [-0.1, -0.05) is 6.07 Å². The van der Waals surface area contributed by atoms with Crippen molar-refractivity contribution in [2.75, 3.05) is 14.2 Å². The van der Waals surface area contributed by atoms with Gasteiger partial charge in [-0.15, -0.1) is 0 Å². The zero-order chi connectivity index (χ0) is 16.9. The maximum Gasteiger partial charge on any atom is 0.276 e. The first-order valence-corrected chi connectivity index (χ1v) is 7.97. The molecule has 1 N–H and O–H groups in total. The van der Waals surface area contributed by atoms with Gasteiger partial charge in [0.1, 0.15) is 5.82 Å². The third-order valence-electron chi connectivity index (χ3n) is 2.93. The summed E-state index contributed by atoms with van der Waals surface area (Å²) in [6, 6.07) is 9.54. The monoisotopic (exact) mass is 338 g/mol. The van der Waals surface area contributed by atoms with Crippen LogP contribution in [0.4, 0.5) is 4.39 Å². The van der Waals surface area contributed by atoms with Gasteiger partial charge in [0.2, 0.25) is 0 Å². The number of para-hydroxylation sites is 1. The highest BCUT2D eigenvalue weighted by molar-refractivity contribution is 7.89. The Morgan fingerprint density at radius 2 is 1.78 bits per heavy atom. The van der Waals surface area contributed by atoms with Gasteiger partial charge in [-0.05, 0) is 36.4 Å². The number of sulfonamides is 1. The summed E-state index contributed by atoms with van der Waals surface area (Å²) in [5, 5.41) is 3.70. The molecule has 0 amide bonds. The third-order valence-corrected chi connectivity index (χ3v) is 4.17. The Morgan fingerprint density at radius 3 is 2.39 bits per heavy atom. The van der Waals surface area contributed by atoms with Crippen LogP contribution in [0.3, 0.4) is 0 Å². The van der Waals surface area contributed by atoms with Crippen LogP contribution in [-0.2, 0) is 10.0 Å². The van der Waals surface area contributed by atoms with Crippen LogP contribution in [0.5, 0.6) is 11.5 Å². The van der Waals surface area contributed by atoms with Crippen molar-refractivity contribution in [3.8, 4) is 11.5 Å². The van der Waals surface area contributed by atoms with Crippen LogP contribution in [0.1, 0.15) is 5.56 Å². The second kappa shape index (κ2) is 7.10. The van der Waals surface area contributed by atoms with Gasteiger partial charge in [-0.3, -0.25) is 0 Å². The quantitative estimate of drug-likeness (QED) is 0.647. The highest BCUT2D eigenvalue weighted by Crippen LogP contribution is 2.29. The Bertz CT molecular complexity index is 805. The first-order chi connectivity index (χ1) is 11.0. The molecular formula is C15H15FN2O4S. The van der Waals surface area contributed by atoms with Crippen LogP contribution in [0.2, 0.25) is 0 Å². The smallest absolute Gasteiger partial charge is 0.276 e. The minimum atomic E-state index is -3.87. The summed E-state index contributed by atoms with van der Waals surface area (Å²) < 4.78 is 47.2. The molecule has 0 aliphatic heterocycles. The van der Waals surface area contributed by atoms with E-state index in [4.69, 9.17) is 9.47 Å². The number of hydrogen-bond donors (Lipinski definition) is 1. The predicted octanol–water partition coefficient (Wildman–Crippen LogP) is 2.16. The van der Waals surface area contributed by atoms with Crippen LogP contribution in [0.25, 0.3) is 0 Å².